The first-order chi connectivity index (χ1) is 15.7. The molecule has 0 unspecified atom stereocenters. The molecule has 0 aliphatic heterocycles. The van der Waals surface area contributed by atoms with Crippen molar-refractivity contribution in [2.75, 3.05) is 0 Å². The van der Waals surface area contributed by atoms with E-state index in [0.717, 1.165) is 0 Å². The van der Waals surface area contributed by atoms with E-state index in [0.29, 0.717) is 0 Å². The van der Waals surface area contributed by atoms with Crippen LogP contribution in [-0.2, 0) is 62.2 Å². The molecule has 16 nitrogen and oxygen atoms in total. The molecule has 19 heteroatoms. The Bertz CT molecular complexity index is 422. The van der Waals surface area contributed by atoms with Crippen LogP contribution in [0.15, 0.2) is 0 Å². The van der Waals surface area contributed by atoms with Crippen molar-refractivity contribution in [3.05, 3.63) is 0 Å². The fraction of sp³-hybridized carbons (Fsp3) is 0. The van der Waals surface area contributed by atoms with E-state index in [4.69, 9.17) is 68.7 Å². The third kappa shape index (κ3) is 2470000. The number of quaternary nitrogens is 2. The molecule has 0 saturated heterocycles. The minimum absolute atomic E-state index is 0. The summed E-state index contributed by atoms with van der Waals surface area (Å²) in [4.78, 5) is 0. The van der Waals surface area contributed by atoms with Gasteiger partial charge in [0.2, 0.25) is 0 Å². The Labute approximate surface area is 150 Å². The van der Waals surface area contributed by atoms with Crippen LogP contribution in [0.2, 0.25) is 11.3 Å². The topological polar surface area (TPSA) is 426 Å². The first kappa shape index (κ1) is 9.14. The molecule has 0 spiro atoms. The van der Waals surface area contributed by atoms with E-state index in [9.17, 15) is 0 Å². The molecule has 0 aromatic heterocycles. The molecule has 0 aliphatic rings. The second-order valence-electron chi connectivity index (χ2n) is 0.816. The SMILES string of the molecule is O=S(=O)([O-])[O-].O=S(=O)([O-])[O-].[2H+].[2H+].[2H][N+]([2H])([2H])[2H].[2H][N+]([2H])([2H])[2H].[2H][O-].[2H][O-].[2H][OH+][2H].[2H][OH+][2H].[2H][OH+][2H].[2H][OH+][2H].[Zn+2]. The quantitative estimate of drug-likeness (QED) is 0.160. The smallest absolute Gasteiger partial charge is 0.870 e. The van der Waals surface area contributed by atoms with E-state index < -0.39 is 33.0 Å². The van der Waals surface area contributed by atoms with E-state index in [-0.39, 0.29) is 22.3 Å². The van der Waals surface area contributed by atoms with Gasteiger partial charge in [0.1, 0.15) is 0 Å². The van der Waals surface area contributed by atoms with Gasteiger partial charge in [0.15, 0.2) is 0 Å². The molecule has 0 radical (unpaired) electrons. The van der Waals surface area contributed by atoms with Gasteiger partial charge < -0.3 is 63.3 Å². The maximum atomic E-state index is 8.52. The van der Waals surface area contributed by atoms with Gasteiger partial charge in [-0.15, -0.1) is 2.86 Å². The summed E-state index contributed by atoms with van der Waals surface area (Å²) >= 11 is 0. The molecule has 0 rings (SSSR count). The minimum atomic E-state index is -5.17. The van der Waals surface area contributed by atoms with Crippen LogP contribution in [0, 0.1) is 0 Å². The maximum absolute atomic E-state index is 8.52. The van der Waals surface area contributed by atoms with Crippen LogP contribution in [0.25, 0.3) is 0 Å². The summed E-state index contributed by atoms with van der Waals surface area (Å²) in [5, 5.41) is 0. The molecule has 0 aromatic carbocycles. The predicted octanol–water partition coefficient (Wildman–Crippen LogP) is -5.74. The Kier molecular flexibility index (Phi) is 17.4. The zero-order valence-electron chi connectivity index (χ0n) is 28.3. The van der Waals surface area contributed by atoms with Gasteiger partial charge in [0.05, 0.1) is 0 Å². The molecule has 22 N–H and O–H groups in total. The van der Waals surface area contributed by atoms with Crippen molar-refractivity contribution in [1.82, 2.24) is 12.2 Å². The van der Waals surface area contributed by atoms with Crippen molar-refractivity contribution in [2.45, 2.75) is 0 Å². The summed E-state index contributed by atoms with van der Waals surface area (Å²) in [7, 11) is -10.3. The van der Waals surface area contributed by atoms with Gasteiger partial charge in [-0.1, -0.05) is 0 Å². The van der Waals surface area contributed by atoms with Crippen molar-refractivity contribution in [3.8, 4) is 0 Å². The number of hydrogen-bond donors (Lipinski definition) is 2. The summed E-state index contributed by atoms with van der Waals surface area (Å²) in [6, 6.07) is 0. The molecule has 0 bridgehead atoms. The van der Waals surface area contributed by atoms with Gasteiger partial charge in [-0.3, -0.25) is 16.8 Å². The first-order valence-electron chi connectivity index (χ1n) is 9.31. The van der Waals surface area contributed by atoms with Crippen LogP contribution in [0.5, 0.6) is 0 Å². The summed E-state index contributed by atoms with van der Waals surface area (Å²) in [5.41, 5.74) is 23.0. The zero-order chi connectivity index (χ0) is 32.8. The van der Waals surface area contributed by atoms with Gasteiger partial charge in [0, 0.05) is 20.8 Å². The van der Waals surface area contributed by atoms with Crippen LogP contribution in [0.3, 0.4) is 0 Å². The van der Waals surface area contributed by atoms with E-state index in [1.165, 1.54) is 0 Å². The van der Waals surface area contributed by atoms with E-state index >= 15 is 0 Å². The Hall–Kier alpha value is 0.0434. The maximum Gasteiger partial charge on any atom is 2.00 e. The third-order valence-electron chi connectivity index (χ3n) is 0. The molecular weight excluding hydrogens is 382 g/mol. The molecule has 128 valence electrons. The molecule has 0 fully saturated rings. The summed E-state index contributed by atoms with van der Waals surface area (Å²) in [5.74, 6) is 0. The Balaban J connectivity index is -0.0000000177. The molecule has 0 atom stereocenters. The molecular formula is H24N2O14S2Zn+4. The first-order valence-corrected chi connectivity index (χ1v) is 4.00. The van der Waals surface area contributed by atoms with Crippen molar-refractivity contribution in [3.63, 3.8) is 0 Å². The molecule has 0 saturated carbocycles. The summed E-state index contributed by atoms with van der Waals surface area (Å²) < 4.78 is 168. The second-order valence-corrected chi connectivity index (χ2v) is 2.45. The van der Waals surface area contributed by atoms with Crippen molar-refractivity contribution in [2.24, 2.45) is 0 Å². The predicted molar refractivity (Wildman–Crippen MR) is 58.5 cm³/mol. The Morgan fingerprint density at radius 1 is 0.895 bits per heavy atom. The van der Waals surface area contributed by atoms with Gasteiger partial charge in [-0.2, -0.15) is 0 Å². The largest absolute Gasteiger partial charge is 2.00 e. The van der Waals surface area contributed by atoms with Crippen LogP contribution in [-0.4, -0.2) is 57.5 Å². The molecule has 0 aliphatic carbocycles. The van der Waals surface area contributed by atoms with E-state index in [1.54, 1.807) is 0 Å². The van der Waals surface area contributed by atoms with Gasteiger partial charge in [0.25, 0.3) is 0 Å². The van der Waals surface area contributed by atoms with Gasteiger partial charge >= 0.3 is 45.1 Å². The van der Waals surface area contributed by atoms with Gasteiger partial charge in [-0.05, 0) is 0 Å². The molecule has 19 heavy (non-hydrogen) atoms. The molecule has 0 aromatic rings. The van der Waals surface area contributed by atoms with Crippen LogP contribution >= 0.6 is 0 Å². The fourth-order valence-electron chi connectivity index (χ4n) is 0. The molecule has 0 amide bonds. The number of rotatable bonds is 0. The fourth-order valence-corrected chi connectivity index (χ4v) is 0. The van der Waals surface area contributed by atoms with Crippen molar-refractivity contribution in [1.29, 1.82) is 11.4 Å². The Morgan fingerprint density at radius 2 is 0.895 bits per heavy atom. The number of hydrogen-bond acceptors (Lipinski definition) is 10. The minimum Gasteiger partial charge on any atom is -0.870 e. The second kappa shape index (κ2) is 36.1. The van der Waals surface area contributed by atoms with Crippen LogP contribution < -0.4 is 12.2 Å². The zero-order valence-corrected chi connectivity index (χ0v) is 12.9. The van der Waals surface area contributed by atoms with E-state index in [1.807, 2.05) is 21.9 Å². The van der Waals surface area contributed by atoms with Crippen LogP contribution in [0.1, 0.15) is 5.72 Å². The van der Waals surface area contributed by atoms with Crippen molar-refractivity contribution >= 4 is 20.8 Å². The van der Waals surface area contributed by atoms with Gasteiger partial charge in [-0.25, -0.2) is 0 Å². The molecule has 0 heterocycles. The normalized spacial score (nSPS) is 17.8. The van der Waals surface area contributed by atoms with Crippen molar-refractivity contribution < 1.29 is 104 Å². The average Bonchev–Trinajstić information content (AvgIpc) is 2.55. The third-order valence-corrected chi connectivity index (χ3v) is 0. The Morgan fingerprint density at radius 3 is 0.895 bits per heavy atom. The summed E-state index contributed by atoms with van der Waals surface area (Å²) in [6.07, 6.45) is -4.00. The van der Waals surface area contributed by atoms with E-state index in [2.05, 4.69) is 2.86 Å². The standard InChI is InChI=1S/2H3N.2H2O4S.6H2O.Zn/c;;2*1-5(2,3)4;;;;;;;/h2*1H3;2*(H2,1,2,3,4);6*1H2;/q;;;;;;;;;;+2/p+2/i/hD20. The average molecular weight is 426 g/mol. The summed E-state index contributed by atoms with van der Waals surface area (Å²) in [6.45, 7) is 0. The van der Waals surface area contributed by atoms with Crippen LogP contribution in [0.4, 0.5) is 0 Å². The monoisotopic (exact) mass is 424 g/mol.